The number of carbonyl (C=O) groups excluding carboxylic acids is 2. The van der Waals surface area contributed by atoms with Crippen molar-refractivity contribution in [2.45, 2.75) is 38.6 Å². The third-order valence-corrected chi connectivity index (χ3v) is 4.43. The Morgan fingerprint density at radius 1 is 1.43 bits per heavy atom. The lowest BCUT2D eigenvalue weighted by Crippen LogP contribution is -2.43. The molecule has 1 aromatic rings. The van der Waals surface area contributed by atoms with Gasteiger partial charge in [0.2, 0.25) is 5.89 Å². The van der Waals surface area contributed by atoms with Gasteiger partial charge in [0.1, 0.15) is 6.26 Å². The smallest absolute Gasteiger partial charge is 0.310 e. The van der Waals surface area contributed by atoms with Crippen LogP contribution in [0.25, 0.3) is 0 Å². The predicted octanol–water partition coefficient (Wildman–Crippen LogP) is 1.51. The van der Waals surface area contributed by atoms with Gasteiger partial charge in [-0.15, -0.1) is 0 Å². The average Bonchev–Trinajstić information content (AvgIpc) is 3.25. The normalized spacial score (nSPS) is 24.7. The van der Waals surface area contributed by atoms with Crippen LogP contribution in [0.3, 0.4) is 0 Å². The number of amides is 1. The molecule has 3 rings (SSSR count). The van der Waals surface area contributed by atoms with Gasteiger partial charge >= 0.3 is 5.97 Å². The molecule has 1 aromatic heterocycles. The van der Waals surface area contributed by atoms with Gasteiger partial charge in [0.05, 0.1) is 18.6 Å². The van der Waals surface area contributed by atoms with Crippen LogP contribution in [-0.4, -0.2) is 48.0 Å². The number of oxazole rings is 1. The molecule has 2 unspecified atom stereocenters. The van der Waals surface area contributed by atoms with E-state index in [4.69, 9.17) is 9.15 Å². The van der Waals surface area contributed by atoms with Crippen molar-refractivity contribution in [3.05, 3.63) is 17.8 Å². The zero-order valence-electron chi connectivity index (χ0n) is 13.4. The summed E-state index contributed by atoms with van der Waals surface area (Å²) in [6, 6.07) is 0.102. The van der Waals surface area contributed by atoms with Gasteiger partial charge in [0, 0.05) is 13.1 Å². The van der Waals surface area contributed by atoms with E-state index < -0.39 is 0 Å². The summed E-state index contributed by atoms with van der Waals surface area (Å²) < 4.78 is 10.5. The van der Waals surface area contributed by atoms with Crippen molar-refractivity contribution in [2.75, 3.05) is 26.2 Å². The topological polar surface area (TPSA) is 84.7 Å². The summed E-state index contributed by atoms with van der Waals surface area (Å²) in [5.41, 5.74) is 0.318. The molecule has 3 heterocycles. The zero-order chi connectivity index (χ0) is 16.2. The number of ether oxygens (including phenoxy) is 1. The van der Waals surface area contributed by atoms with Crippen molar-refractivity contribution in [1.29, 1.82) is 0 Å². The van der Waals surface area contributed by atoms with Crippen LogP contribution in [0.1, 0.15) is 55.0 Å². The second-order valence-electron chi connectivity index (χ2n) is 6.06. The lowest BCUT2D eigenvalue weighted by molar-refractivity contribution is -0.149. The highest BCUT2D eigenvalue weighted by molar-refractivity contribution is 5.92. The van der Waals surface area contributed by atoms with Crippen LogP contribution in [0.15, 0.2) is 10.7 Å². The molecule has 23 heavy (non-hydrogen) atoms. The lowest BCUT2D eigenvalue weighted by Gasteiger charge is -2.30. The number of esters is 1. The summed E-state index contributed by atoms with van der Waals surface area (Å²) >= 11 is 0. The first-order valence-electron chi connectivity index (χ1n) is 8.33. The summed E-state index contributed by atoms with van der Waals surface area (Å²) in [5, 5.41) is 3.30. The van der Waals surface area contributed by atoms with E-state index in [2.05, 4.69) is 10.3 Å². The highest BCUT2D eigenvalue weighted by Crippen LogP contribution is 2.24. The maximum absolute atomic E-state index is 12.6. The highest BCUT2D eigenvalue weighted by atomic mass is 16.5. The Bertz CT molecular complexity index is 565. The quantitative estimate of drug-likeness (QED) is 0.846. The van der Waals surface area contributed by atoms with Gasteiger partial charge in [-0.3, -0.25) is 9.59 Å². The van der Waals surface area contributed by atoms with Crippen LogP contribution in [0.5, 0.6) is 0 Å². The van der Waals surface area contributed by atoms with Gasteiger partial charge in [-0.1, -0.05) is 0 Å². The Kier molecular flexibility index (Phi) is 4.95. The molecule has 1 amide bonds. The lowest BCUT2D eigenvalue weighted by atomic mass is 9.98. The van der Waals surface area contributed by atoms with E-state index in [1.165, 1.54) is 6.26 Å². The first kappa shape index (κ1) is 16.0. The van der Waals surface area contributed by atoms with Crippen molar-refractivity contribution in [2.24, 2.45) is 5.92 Å². The van der Waals surface area contributed by atoms with Crippen LogP contribution < -0.4 is 5.32 Å². The third kappa shape index (κ3) is 3.55. The van der Waals surface area contributed by atoms with Crippen molar-refractivity contribution >= 4 is 11.9 Å². The van der Waals surface area contributed by atoms with E-state index in [-0.39, 0.29) is 23.8 Å². The molecule has 1 N–H and O–H groups in total. The Balaban J connectivity index is 1.64. The molecule has 0 spiro atoms. The Morgan fingerprint density at radius 3 is 3.04 bits per heavy atom. The minimum atomic E-state index is -0.240. The minimum absolute atomic E-state index is 0.102. The minimum Gasteiger partial charge on any atom is -0.466 e. The fourth-order valence-corrected chi connectivity index (χ4v) is 3.22. The molecule has 2 saturated heterocycles. The Labute approximate surface area is 135 Å². The number of carbonyl (C=O) groups is 2. The number of piperidine rings is 1. The van der Waals surface area contributed by atoms with E-state index >= 15 is 0 Å². The first-order valence-corrected chi connectivity index (χ1v) is 8.33. The number of aromatic nitrogens is 1. The van der Waals surface area contributed by atoms with E-state index in [9.17, 15) is 9.59 Å². The molecule has 2 aliphatic rings. The summed E-state index contributed by atoms with van der Waals surface area (Å²) in [6.45, 7) is 4.13. The fourth-order valence-electron chi connectivity index (χ4n) is 3.22. The second-order valence-corrected chi connectivity index (χ2v) is 6.06. The van der Waals surface area contributed by atoms with Crippen LogP contribution in [-0.2, 0) is 9.53 Å². The second kappa shape index (κ2) is 7.12. The van der Waals surface area contributed by atoms with Crippen molar-refractivity contribution in [3.8, 4) is 0 Å². The van der Waals surface area contributed by atoms with E-state index in [0.717, 1.165) is 32.2 Å². The average molecular weight is 321 g/mol. The molecule has 0 bridgehead atoms. The number of rotatable bonds is 4. The maximum atomic E-state index is 12.6. The van der Waals surface area contributed by atoms with E-state index in [1.54, 1.807) is 11.8 Å². The molecule has 0 radical (unpaired) electrons. The largest absolute Gasteiger partial charge is 0.466 e. The SMILES string of the molecule is CCOC(=O)C1CCCN(C(=O)c2coc(C3CCCN3)n2)C1. The molecule has 2 atom stereocenters. The fraction of sp³-hybridized carbons (Fsp3) is 0.688. The molecule has 7 heteroatoms. The number of nitrogens with one attached hydrogen (secondary N) is 1. The highest BCUT2D eigenvalue weighted by Gasteiger charge is 2.31. The molecule has 0 aromatic carbocycles. The summed E-state index contributed by atoms with van der Waals surface area (Å²) in [6.07, 6.45) is 5.04. The van der Waals surface area contributed by atoms with Gasteiger partial charge < -0.3 is 19.4 Å². The third-order valence-electron chi connectivity index (χ3n) is 4.43. The Hall–Kier alpha value is -1.89. The molecule has 126 valence electrons. The van der Waals surface area contributed by atoms with Gasteiger partial charge in [-0.25, -0.2) is 4.98 Å². The molecule has 7 nitrogen and oxygen atoms in total. The van der Waals surface area contributed by atoms with E-state index in [1.807, 2.05) is 0 Å². The molecule has 0 saturated carbocycles. The monoisotopic (exact) mass is 321 g/mol. The maximum Gasteiger partial charge on any atom is 0.310 e. The zero-order valence-corrected chi connectivity index (χ0v) is 13.4. The van der Waals surface area contributed by atoms with Crippen molar-refractivity contribution in [1.82, 2.24) is 15.2 Å². The molecule has 2 aliphatic heterocycles. The standard InChI is InChI=1S/C16H23N3O4/c1-2-22-16(21)11-5-4-8-19(9-11)15(20)13-10-23-14(18-13)12-6-3-7-17-12/h10-12,17H,2-9H2,1H3. The van der Waals surface area contributed by atoms with Crippen LogP contribution >= 0.6 is 0 Å². The number of nitrogens with zero attached hydrogens (tertiary/aromatic N) is 2. The summed E-state index contributed by atoms with van der Waals surface area (Å²) in [7, 11) is 0. The molecule has 2 fully saturated rings. The van der Waals surface area contributed by atoms with Gasteiger partial charge in [0.25, 0.3) is 5.91 Å². The van der Waals surface area contributed by atoms with Crippen LogP contribution in [0, 0.1) is 5.92 Å². The van der Waals surface area contributed by atoms with Crippen molar-refractivity contribution in [3.63, 3.8) is 0 Å². The van der Waals surface area contributed by atoms with Crippen molar-refractivity contribution < 1.29 is 18.7 Å². The van der Waals surface area contributed by atoms with E-state index in [0.29, 0.717) is 31.3 Å². The molecule has 0 aliphatic carbocycles. The number of likely N-dealkylation sites (tertiary alicyclic amines) is 1. The van der Waals surface area contributed by atoms with Gasteiger partial charge in [0.15, 0.2) is 5.69 Å². The first-order chi connectivity index (χ1) is 11.2. The number of hydrogen-bond acceptors (Lipinski definition) is 6. The summed E-state index contributed by atoms with van der Waals surface area (Å²) in [5.74, 6) is -0.0617. The van der Waals surface area contributed by atoms with Gasteiger partial charge in [-0.2, -0.15) is 0 Å². The molecular weight excluding hydrogens is 298 g/mol. The summed E-state index contributed by atoms with van der Waals surface area (Å²) in [4.78, 5) is 30.5. The Morgan fingerprint density at radius 2 is 2.30 bits per heavy atom. The number of hydrogen-bond donors (Lipinski definition) is 1. The van der Waals surface area contributed by atoms with Gasteiger partial charge in [-0.05, 0) is 39.2 Å². The van der Waals surface area contributed by atoms with Crippen LogP contribution in [0.4, 0.5) is 0 Å². The predicted molar refractivity (Wildman–Crippen MR) is 81.7 cm³/mol. The molecular formula is C16H23N3O4. The van der Waals surface area contributed by atoms with Crippen LogP contribution in [0.2, 0.25) is 0 Å².